The largest absolute Gasteiger partial charge is 0.301 e. The number of alkyl halides is 1. The van der Waals surface area contributed by atoms with Crippen LogP contribution in [-0.2, 0) is 0 Å². The molecule has 0 atom stereocenters. The van der Waals surface area contributed by atoms with Gasteiger partial charge >= 0.3 is 0 Å². The molecule has 0 amide bonds. The predicted octanol–water partition coefficient (Wildman–Crippen LogP) is 0.863. The van der Waals surface area contributed by atoms with Crippen LogP contribution in [-0.4, -0.2) is 54.9 Å². The number of halogens is 1. The molecule has 0 radical (unpaired) electrons. The SMILES string of the molecule is CCN1CCN(CCCl)CC1. The maximum absolute atomic E-state index is 5.65. The van der Waals surface area contributed by atoms with E-state index >= 15 is 0 Å². The fourth-order valence-electron chi connectivity index (χ4n) is 1.45. The molecule has 3 heteroatoms. The summed E-state index contributed by atoms with van der Waals surface area (Å²) in [6.07, 6.45) is 0. The van der Waals surface area contributed by atoms with Gasteiger partial charge in [-0.15, -0.1) is 11.6 Å². The van der Waals surface area contributed by atoms with E-state index in [2.05, 4.69) is 16.7 Å². The average molecular weight is 177 g/mol. The van der Waals surface area contributed by atoms with E-state index in [0.717, 1.165) is 12.4 Å². The van der Waals surface area contributed by atoms with Gasteiger partial charge in [0.1, 0.15) is 0 Å². The Kier molecular flexibility index (Phi) is 4.20. The van der Waals surface area contributed by atoms with Crippen molar-refractivity contribution in [3.63, 3.8) is 0 Å². The maximum Gasteiger partial charge on any atom is 0.0351 e. The Hall–Kier alpha value is 0.210. The zero-order chi connectivity index (χ0) is 8.10. The number of piperazine rings is 1. The summed E-state index contributed by atoms with van der Waals surface area (Å²) in [5.74, 6) is 0.770. The van der Waals surface area contributed by atoms with Gasteiger partial charge in [0, 0.05) is 38.6 Å². The smallest absolute Gasteiger partial charge is 0.0351 e. The van der Waals surface area contributed by atoms with Gasteiger partial charge in [-0.2, -0.15) is 0 Å². The van der Waals surface area contributed by atoms with E-state index in [1.165, 1.54) is 32.7 Å². The molecule has 1 saturated heterocycles. The molecule has 1 fully saturated rings. The molecule has 11 heavy (non-hydrogen) atoms. The van der Waals surface area contributed by atoms with Crippen LogP contribution < -0.4 is 0 Å². The normalized spacial score (nSPS) is 22.4. The molecule has 1 aliphatic rings. The summed E-state index contributed by atoms with van der Waals surface area (Å²) in [4.78, 5) is 4.91. The number of rotatable bonds is 3. The third kappa shape index (κ3) is 2.97. The van der Waals surface area contributed by atoms with Crippen molar-refractivity contribution in [1.82, 2.24) is 9.80 Å². The van der Waals surface area contributed by atoms with Gasteiger partial charge in [0.2, 0.25) is 0 Å². The number of likely N-dealkylation sites (N-methyl/N-ethyl adjacent to an activating group) is 1. The van der Waals surface area contributed by atoms with E-state index in [9.17, 15) is 0 Å². The van der Waals surface area contributed by atoms with Gasteiger partial charge in [0.05, 0.1) is 0 Å². The minimum atomic E-state index is 0.770. The van der Waals surface area contributed by atoms with Crippen LogP contribution in [0.4, 0.5) is 0 Å². The molecule has 0 aromatic rings. The Morgan fingerprint density at radius 1 is 1.09 bits per heavy atom. The molecule has 0 spiro atoms. The van der Waals surface area contributed by atoms with Gasteiger partial charge in [-0.05, 0) is 6.54 Å². The van der Waals surface area contributed by atoms with Gasteiger partial charge in [0.15, 0.2) is 0 Å². The van der Waals surface area contributed by atoms with Crippen LogP contribution in [0.5, 0.6) is 0 Å². The van der Waals surface area contributed by atoms with Crippen molar-refractivity contribution in [1.29, 1.82) is 0 Å². The molecule has 66 valence electrons. The zero-order valence-corrected chi connectivity index (χ0v) is 7.98. The topological polar surface area (TPSA) is 6.48 Å². The van der Waals surface area contributed by atoms with E-state index in [0.29, 0.717) is 0 Å². The fraction of sp³-hybridized carbons (Fsp3) is 1.00. The number of hydrogen-bond donors (Lipinski definition) is 0. The van der Waals surface area contributed by atoms with Crippen LogP contribution in [0.2, 0.25) is 0 Å². The molecule has 0 aliphatic carbocycles. The van der Waals surface area contributed by atoms with E-state index in [4.69, 9.17) is 11.6 Å². The first-order valence-electron chi connectivity index (χ1n) is 4.37. The van der Waals surface area contributed by atoms with Crippen molar-refractivity contribution in [2.45, 2.75) is 6.92 Å². The molecule has 0 aromatic heterocycles. The lowest BCUT2D eigenvalue weighted by atomic mass is 10.3. The van der Waals surface area contributed by atoms with Crippen molar-refractivity contribution in [3.05, 3.63) is 0 Å². The van der Waals surface area contributed by atoms with Crippen LogP contribution in [0.25, 0.3) is 0 Å². The lowest BCUT2D eigenvalue weighted by Crippen LogP contribution is -2.46. The first-order chi connectivity index (χ1) is 5.36. The van der Waals surface area contributed by atoms with Crippen molar-refractivity contribution < 1.29 is 0 Å². The standard InChI is InChI=1S/C8H17ClN2/c1-2-10-5-7-11(4-3-9)8-6-10/h2-8H2,1H3. The summed E-state index contributed by atoms with van der Waals surface area (Å²) >= 11 is 5.65. The molecule has 0 N–H and O–H groups in total. The molecular weight excluding hydrogens is 160 g/mol. The van der Waals surface area contributed by atoms with Crippen molar-refractivity contribution in [3.8, 4) is 0 Å². The summed E-state index contributed by atoms with van der Waals surface area (Å²) in [5, 5.41) is 0. The summed E-state index contributed by atoms with van der Waals surface area (Å²) < 4.78 is 0. The average Bonchev–Trinajstić information content (AvgIpc) is 2.07. The number of nitrogens with zero attached hydrogens (tertiary/aromatic N) is 2. The van der Waals surface area contributed by atoms with Crippen molar-refractivity contribution in [2.75, 3.05) is 45.1 Å². The van der Waals surface area contributed by atoms with Gasteiger partial charge in [0.25, 0.3) is 0 Å². The molecule has 0 bridgehead atoms. The molecule has 0 saturated carbocycles. The van der Waals surface area contributed by atoms with Gasteiger partial charge in [-0.3, -0.25) is 4.90 Å². The Balaban J connectivity index is 2.14. The van der Waals surface area contributed by atoms with Gasteiger partial charge in [-0.25, -0.2) is 0 Å². The highest BCUT2D eigenvalue weighted by molar-refractivity contribution is 6.18. The summed E-state index contributed by atoms with van der Waals surface area (Å²) in [6.45, 7) is 9.28. The van der Waals surface area contributed by atoms with Crippen molar-refractivity contribution in [2.24, 2.45) is 0 Å². The first-order valence-corrected chi connectivity index (χ1v) is 4.91. The molecule has 0 aromatic carbocycles. The Morgan fingerprint density at radius 3 is 2.09 bits per heavy atom. The molecule has 1 aliphatic heterocycles. The van der Waals surface area contributed by atoms with E-state index in [1.807, 2.05) is 0 Å². The van der Waals surface area contributed by atoms with E-state index in [-0.39, 0.29) is 0 Å². The molecule has 1 heterocycles. The van der Waals surface area contributed by atoms with Crippen LogP contribution in [0.3, 0.4) is 0 Å². The van der Waals surface area contributed by atoms with Crippen LogP contribution in [0, 0.1) is 0 Å². The Bertz CT molecular complexity index is 100. The van der Waals surface area contributed by atoms with Crippen LogP contribution in [0.15, 0.2) is 0 Å². The lowest BCUT2D eigenvalue weighted by Gasteiger charge is -2.33. The van der Waals surface area contributed by atoms with E-state index < -0.39 is 0 Å². The third-order valence-corrected chi connectivity index (χ3v) is 2.48. The monoisotopic (exact) mass is 176 g/mol. The fourth-order valence-corrected chi connectivity index (χ4v) is 1.69. The zero-order valence-electron chi connectivity index (χ0n) is 7.22. The van der Waals surface area contributed by atoms with Crippen molar-refractivity contribution >= 4 is 11.6 Å². The minimum Gasteiger partial charge on any atom is -0.301 e. The highest BCUT2D eigenvalue weighted by Crippen LogP contribution is 2.00. The van der Waals surface area contributed by atoms with Gasteiger partial charge in [-0.1, -0.05) is 6.92 Å². The van der Waals surface area contributed by atoms with E-state index in [1.54, 1.807) is 0 Å². The second-order valence-electron chi connectivity index (χ2n) is 2.96. The highest BCUT2D eigenvalue weighted by Gasteiger charge is 2.13. The van der Waals surface area contributed by atoms with Crippen LogP contribution >= 0.6 is 11.6 Å². The van der Waals surface area contributed by atoms with Gasteiger partial charge < -0.3 is 4.90 Å². The third-order valence-electron chi connectivity index (χ3n) is 2.31. The quantitative estimate of drug-likeness (QED) is 0.589. The first kappa shape index (κ1) is 9.30. The van der Waals surface area contributed by atoms with Crippen LogP contribution in [0.1, 0.15) is 6.92 Å². The maximum atomic E-state index is 5.65. The Morgan fingerprint density at radius 2 is 1.64 bits per heavy atom. The second-order valence-corrected chi connectivity index (χ2v) is 3.34. The second kappa shape index (κ2) is 4.96. The highest BCUT2D eigenvalue weighted by atomic mass is 35.5. The lowest BCUT2D eigenvalue weighted by molar-refractivity contribution is 0.143. The summed E-state index contributed by atoms with van der Waals surface area (Å²) in [6, 6.07) is 0. The summed E-state index contributed by atoms with van der Waals surface area (Å²) in [7, 11) is 0. The Labute approximate surface area is 74.1 Å². The minimum absolute atomic E-state index is 0.770. The summed E-state index contributed by atoms with van der Waals surface area (Å²) in [5.41, 5.74) is 0. The number of hydrogen-bond acceptors (Lipinski definition) is 2. The molecule has 2 nitrogen and oxygen atoms in total. The molecule has 0 unspecified atom stereocenters. The predicted molar refractivity (Wildman–Crippen MR) is 49.3 cm³/mol. The molecule has 1 rings (SSSR count). The molecular formula is C8H17ClN2.